The van der Waals surface area contributed by atoms with Crippen LogP contribution >= 0.6 is 0 Å². The molecule has 12 heteroatoms. The second kappa shape index (κ2) is 9.58. The van der Waals surface area contributed by atoms with E-state index in [9.17, 15) is 18.0 Å². The maximum atomic E-state index is 13.5. The first kappa shape index (κ1) is 24.0. The third kappa shape index (κ3) is 5.32. The van der Waals surface area contributed by atoms with E-state index in [1.807, 2.05) is 0 Å². The van der Waals surface area contributed by atoms with E-state index in [0.29, 0.717) is 22.7 Å². The summed E-state index contributed by atoms with van der Waals surface area (Å²) in [6.07, 6.45) is -1.48. The third-order valence-corrected chi connectivity index (χ3v) is 5.13. The molecule has 0 aliphatic rings. The Morgan fingerprint density at radius 2 is 1.69 bits per heavy atom. The fourth-order valence-corrected chi connectivity index (χ4v) is 3.60. The molecule has 0 fully saturated rings. The lowest BCUT2D eigenvalue weighted by Gasteiger charge is -2.18. The molecule has 0 saturated carbocycles. The number of fused-ring (bicyclic) bond motifs is 1. The molecule has 0 bridgehead atoms. The van der Waals surface area contributed by atoms with E-state index >= 15 is 0 Å². The summed E-state index contributed by atoms with van der Waals surface area (Å²) in [6, 6.07) is 9.95. The number of nitrogens with zero attached hydrogens (tertiary/aromatic N) is 5. The van der Waals surface area contributed by atoms with Gasteiger partial charge in [0, 0.05) is 30.7 Å². The first-order valence-electron chi connectivity index (χ1n) is 10.5. The van der Waals surface area contributed by atoms with Crippen LogP contribution in [0.2, 0.25) is 0 Å². The van der Waals surface area contributed by atoms with Gasteiger partial charge >= 0.3 is 12.2 Å². The summed E-state index contributed by atoms with van der Waals surface area (Å²) < 4.78 is 42.3. The Balaban J connectivity index is 1.48. The molecular formula is C23H23F3N8O. The minimum Gasteiger partial charge on any atom is -0.371 e. The first-order chi connectivity index (χ1) is 16.7. The predicted octanol–water partition coefficient (Wildman–Crippen LogP) is 4.58. The number of urea groups is 1. The van der Waals surface area contributed by atoms with Gasteiger partial charge in [0.1, 0.15) is 12.7 Å². The summed E-state index contributed by atoms with van der Waals surface area (Å²) in [7, 11) is 5.12. The molecule has 0 unspecified atom stereocenters. The van der Waals surface area contributed by atoms with Crippen molar-refractivity contribution in [3.63, 3.8) is 0 Å². The molecule has 0 saturated heterocycles. The van der Waals surface area contributed by atoms with Crippen LogP contribution in [-0.4, -0.2) is 51.6 Å². The number of carbonyl (C=O) groups is 1. The highest BCUT2D eigenvalue weighted by atomic mass is 19.4. The summed E-state index contributed by atoms with van der Waals surface area (Å²) in [4.78, 5) is 26.8. The number of rotatable bonds is 6. The summed E-state index contributed by atoms with van der Waals surface area (Å²) in [5.74, 6) is 0.604. The minimum atomic E-state index is -4.54. The number of hydrogen-bond donors (Lipinski definition) is 3. The van der Waals surface area contributed by atoms with Crippen molar-refractivity contribution in [3.8, 4) is 5.69 Å². The van der Waals surface area contributed by atoms with Gasteiger partial charge in [0.25, 0.3) is 0 Å². The Bertz CT molecular complexity index is 1350. The molecule has 0 aliphatic carbocycles. The SMILES string of the molecule is CNc1ncnc2c1ncn2-c1ccc(NC(=O)Nc2ccc(CN(C)C)c(C(F)(F)F)c2)cc1. The van der Waals surface area contributed by atoms with Crippen LogP contribution in [0.4, 0.5) is 35.2 Å². The van der Waals surface area contributed by atoms with Crippen molar-refractivity contribution in [2.24, 2.45) is 0 Å². The molecule has 3 N–H and O–H groups in total. The number of nitrogens with one attached hydrogen (secondary N) is 3. The van der Waals surface area contributed by atoms with Crippen LogP contribution in [-0.2, 0) is 12.7 Å². The Morgan fingerprint density at radius 1 is 1.00 bits per heavy atom. The Morgan fingerprint density at radius 3 is 2.34 bits per heavy atom. The number of aromatic nitrogens is 4. The predicted molar refractivity (Wildman–Crippen MR) is 128 cm³/mol. The van der Waals surface area contributed by atoms with Crippen LogP contribution in [0.3, 0.4) is 0 Å². The molecule has 2 aromatic carbocycles. The Hall–Kier alpha value is -4.19. The van der Waals surface area contributed by atoms with Gasteiger partial charge in [-0.1, -0.05) is 6.07 Å². The fourth-order valence-electron chi connectivity index (χ4n) is 3.60. The maximum Gasteiger partial charge on any atom is 0.416 e. The minimum absolute atomic E-state index is 0.0406. The number of imidazole rings is 1. The van der Waals surface area contributed by atoms with Crippen LogP contribution < -0.4 is 16.0 Å². The highest BCUT2D eigenvalue weighted by Gasteiger charge is 2.33. The number of amides is 2. The molecule has 0 atom stereocenters. The summed E-state index contributed by atoms with van der Waals surface area (Å²) >= 11 is 0. The Labute approximate surface area is 199 Å². The monoisotopic (exact) mass is 484 g/mol. The number of carbonyl (C=O) groups excluding carboxylic acids is 1. The molecule has 4 aromatic rings. The third-order valence-electron chi connectivity index (χ3n) is 5.13. The highest BCUT2D eigenvalue weighted by molar-refractivity contribution is 5.99. The van der Waals surface area contributed by atoms with Crippen molar-refractivity contribution >= 4 is 34.4 Å². The summed E-state index contributed by atoms with van der Waals surface area (Å²) in [6.45, 7) is 0.127. The van der Waals surface area contributed by atoms with E-state index in [1.54, 1.807) is 61.2 Å². The molecule has 2 heterocycles. The van der Waals surface area contributed by atoms with Gasteiger partial charge in [-0.2, -0.15) is 13.2 Å². The molecule has 0 aliphatic heterocycles. The van der Waals surface area contributed by atoms with Crippen LogP contribution in [0.25, 0.3) is 16.9 Å². The van der Waals surface area contributed by atoms with Crippen molar-refractivity contribution in [1.82, 2.24) is 24.4 Å². The molecule has 4 rings (SSSR count). The van der Waals surface area contributed by atoms with Gasteiger partial charge in [0.2, 0.25) is 0 Å². The lowest BCUT2D eigenvalue weighted by molar-refractivity contribution is -0.138. The van der Waals surface area contributed by atoms with Gasteiger partial charge in [0.05, 0.1) is 5.56 Å². The van der Waals surface area contributed by atoms with Gasteiger partial charge < -0.3 is 20.9 Å². The standard InChI is InChI=1S/C23H23F3N8O/c1-27-20-19-21(29-12-28-20)34(13-30-19)17-8-6-15(7-9-17)31-22(35)32-16-5-4-14(11-33(2)3)18(10-16)23(24,25)26/h4-10,12-13H,11H2,1-3H3,(H,27,28,29)(H2,31,32,35). The van der Waals surface area contributed by atoms with E-state index in [4.69, 9.17) is 0 Å². The van der Waals surface area contributed by atoms with E-state index in [0.717, 1.165) is 11.8 Å². The quantitative estimate of drug-likeness (QED) is 0.371. The lowest BCUT2D eigenvalue weighted by atomic mass is 10.1. The molecule has 9 nitrogen and oxygen atoms in total. The molecule has 0 spiro atoms. The van der Waals surface area contributed by atoms with Crippen LogP contribution in [0.1, 0.15) is 11.1 Å². The first-order valence-corrected chi connectivity index (χ1v) is 10.5. The average molecular weight is 484 g/mol. The van der Waals surface area contributed by atoms with Gasteiger partial charge in [-0.3, -0.25) is 4.57 Å². The number of halogens is 3. The van der Waals surface area contributed by atoms with Crippen molar-refractivity contribution in [2.45, 2.75) is 12.7 Å². The maximum absolute atomic E-state index is 13.5. The van der Waals surface area contributed by atoms with Crippen LogP contribution in [0.15, 0.2) is 55.1 Å². The van der Waals surface area contributed by atoms with Crippen molar-refractivity contribution < 1.29 is 18.0 Å². The number of alkyl halides is 3. The second-order valence-corrected chi connectivity index (χ2v) is 7.99. The van der Waals surface area contributed by atoms with Gasteiger partial charge in [-0.25, -0.2) is 19.7 Å². The van der Waals surface area contributed by atoms with Crippen molar-refractivity contribution in [2.75, 3.05) is 37.1 Å². The van der Waals surface area contributed by atoms with Crippen LogP contribution in [0, 0.1) is 0 Å². The lowest BCUT2D eigenvalue weighted by Crippen LogP contribution is -2.21. The van der Waals surface area contributed by atoms with E-state index in [-0.39, 0.29) is 17.8 Å². The molecule has 35 heavy (non-hydrogen) atoms. The van der Waals surface area contributed by atoms with Gasteiger partial charge in [0.15, 0.2) is 17.0 Å². The molecule has 182 valence electrons. The molecular weight excluding hydrogens is 461 g/mol. The van der Waals surface area contributed by atoms with Crippen molar-refractivity contribution in [1.29, 1.82) is 0 Å². The summed E-state index contributed by atoms with van der Waals surface area (Å²) in [5, 5.41) is 8.05. The number of hydrogen-bond acceptors (Lipinski definition) is 6. The highest BCUT2D eigenvalue weighted by Crippen LogP contribution is 2.34. The zero-order valence-corrected chi connectivity index (χ0v) is 19.2. The molecule has 0 radical (unpaired) electrons. The zero-order valence-electron chi connectivity index (χ0n) is 19.2. The van der Waals surface area contributed by atoms with E-state index in [2.05, 4.69) is 30.9 Å². The van der Waals surface area contributed by atoms with Crippen LogP contribution in [0.5, 0.6) is 0 Å². The second-order valence-electron chi connectivity index (χ2n) is 7.99. The topological polar surface area (TPSA) is 100 Å². The molecule has 2 amide bonds. The van der Waals surface area contributed by atoms with Gasteiger partial charge in [-0.05, 0) is 56.1 Å². The average Bonchev–Trinajstić information content (AvgIpc) is 3.24. The zero-order chi connectivity index (χ0) is 25.2. The number of benzene rings is 2. The normalized spacial score (nSPS) is 11.6. The number of anilines is 3. The Kier molecular flexibility index (Phi) is 6.56. The largest absolute Gasteiger partial charge is 0.416 e. The van der Waals surface area contributed by atoms with E-state index in [1.165, 1.54) is 18.5 Å². The smallest absolute Gasteiger partial charge is 0.371 e. The van der Waals surface area contributed by atoms with E-state index < -0.39 is 17.8 Å². The summed E-state index contributed by atoms with van der Waals surface area (Å²) in [5.41, 5.74) is 1.83. The van der Waals surface area contributed by atoms with Gasteiger partial charge in [-0.15, -0.1) is 0 Å². The fraction of sp³-hybridized carbons (Fsp3) is 0.217. The molecule has 2 aromatic heterocycles. The van der Waals surface area contributed by atoms with Crippen molar-refractivity contribution in [3.05, 3.63) is 66.2 Å².